The van der Waals surface area contributed by atoms with Crippen LogP contribution in [-0.2, 0) is 9.53 Å². The highest BCUT2D eigenvalue weighted by Gasteiger charge is 2.52. The first-order chi connectivity index (χ1) is 13.9. The Hall–Kier alpha value is -2.09. The van der Waals surface area contributed by atoms with E-state index in [1.807, 2.05) is 19.1 Å². The second-order valence-electron chi connectivity index (χ2n) is 8.12. The molecule has 5 N–H and O–H groups in total. The van der Waals surface area contributed by atoms with Crippen molar-refractivity contribution in [1.29, 1.82) is 0 Å². The van der Waals surface area contributed by atoms with E-state index in [9.17, 15) is 9.59 Å². The Morgan fingerprint density at radius 1 is 1.31 bits per heavy atom. The number of ether oxygens (including phenoxy) is 1. The molecule has 0 spiro atoms. The van der Waals surface area contributed by atoms with Crippen LogP contribution in [0, 0.1) is 0 Å². The number of H-pyrrole nitrogens is 1. The van der Waals surface area contributed by atoms with Crippen LogP contribution in [0.5, 0.6) is 0 Å². The molecule has 8 heteroatoms. The Balaban J connectivity index is 1.34. The fourth-order valence-corrected chi connectivity index (χ4v) is 4.36. The number of hydrogen-bond donors (Lipinski definition) is 4. The Morgan fingerprint density at radius 3 is 2.79 bits per heavy atom. The van der Waals surface area contributed by atoms with E-state index < -0.39 is 5.54 Å². The van der Waals surface area contributed by atoms with Crippen LogP contribution in [0.2, 0.25) is 5.02 Å². The number of carbonyl (C=O) groups excluding carboxylic acids is 2. The van der Waals surface area contributed by atoms with Crippen LogP contribution in [0.25, 0.3) is 10.9 Å². The minimum absolute atomic E-state index is 0.103. The van der Waals surface area contributed by atoms with Crippen LogP contribution in [-0.4, -0.2) is 47.1 Å². The minimum Gasteiger partial charge on any atom is -0.465 e. The fraction of sp³-hybridized carbons (Fsp3) is 0.524. The smallest absolute Gasteiger partial charge is 0.326 e. The number of fused-ring (bicyclic) bond motifs is 1. The zero-order valence-electron chi connectivity index (χ0n) is 16.5. The van der Waals surface area contributed by atoms with Crippen molar-refractivity contribution in [2.45, 2.75) is 62.7 Å². The summed E-state index contributed by atoms with van der Waals surface area (Å²) in [7, 11) is 0. The molecule has 4 rings (SSSR count). The lowest BCUT2D eigenvalue weighted by atomic mass is 9.86. The van der Waals surface area contributed by atoms with Gasteiger partial charge in [0.2, 0.25) is 0 Å². The number of esters is 1. The van der Waals surface area contributed by atoms with E-state index >= 15 is 0 Å². The van der Waals surface area contributed by atoms with E-state index in [1.54, 1.807) is 12.1 Å². The monoisotopic (exact) mass is 418 g/mol. The third kappa shape index (κ3) is 4.27. The SMILES string of the molecule is CCOC(=O)C1(NC2CC[C@@H](NC(=O)c3cc4cc(Cl)ccc4[nH]3)[C@@H](N)C2)CC1. The normalized spacial score (nSPS) is 25.6. The number of nitrogens with two attached hydrogens (primary N) is 1. The van der Waals surface area contributed by atoms with Crippen LogP contribution in [0.3, 0.4) is 0 Å². The van der Waals surface area contributed by atoms with Gasteiger partial charge in [0.1, 0.15) is 11.2 Å². The van der Waals surface area contributed by atoms with Gasteiger partial charge in [0.25, 0.3) is 5.91 Å². The Labute approximate surface area is 174 Å². The lowest BCUT2D eigenvalue weighted by Crippen LogP contribution is -2.57. The Bertz CT molecular complexity index is 924. The summed E-state index contributed by atoms with van der Waals surface area (Å²) in [4.78, 5) is 28.0. The van der Waals surface area contributed by atoms with Gasteiger partial charge in [-0.1, -0.05) is 11.6 Å². The van der Waals surface area contributed by atoms with Crippen LogP contribution in [0.15, 0.2) is 24.3 Å². The first kappa shape index (κ1) is 20.2. The number of aromatic amines is 1. The molecule has 2 fully saturated rings. The number of amides is 1. The van der Waals surface area contributed by atoms with Gasteiger partial charge in [-0.25, -0.2) is 0 Å². The van der Waals surface area contributed by atoms with Gasteiger partial charge in [-0.3, -0.25) is 14.9 Å². The molecule has 2 aromatic rings. The van der Waals surface area contributed by atoms with E-state index in [-0.39, 0.29) is 30.0 Å². The number of rotatable bonds is 6. The molecule has 29 heavy (non-hydrogen) atoms. The van der Waals surface area contributed by atoms with Gasteiger partial charge < -0.3 is 20.8 Å². The van der Waals surface area contributed by atoms with Crippen molar-refractivity contribution in [3.05, 3.63) is 35.0 Å². The topological polar surface area (TPSA) is 109 Å². The quantitative estimate of drug-likeness (QED) is 0.539. The number of carbonyl (C=O) groups is 2. The molecule has 0 saturated heterocycles. The molecule has 1 heterocycles. The van der Waals surface area contributed by atoms with Crippen molar-refractivity contribution in [2.75, 3.05) is 6.61 Å². The second-order valence-corrected chi connectivity index (χ2v) is 8.55. The molecule has 3 atom stereocenters. The summed E-state index contributed by atoms with van der Waals surface area (Å²) >= 11 is 6.02. The molecular weight excluding hydrogens is 392 g/mol. The van der Waals surface area contributed by atoms with Gasteiger partial charge >= 0.3 is 5.97 Å². The largest absolute Gasteiger partial charge is 0.465 e. The lowest BCUT2D eigenvalue weighted by Gasteiger charge is -2.36. The summed E-state index contributed by atoms with van der Waals surface area (Å²) < 4.78 is 5.19. The van der Waals surface area contributed by atoms with Crippen LogP contribution >= 0.6 is 11.6 Å². The third-order valence-corrected chi connectivity index (χ3v) is 6.18. The van der Waals surface area contributed by atoms with Crippen molar-refractivity contribution in [3.63, 3.8) is 0 Å². The second kappa shape index (κ2) is 7.97. The molecule has 1 amide bonds. The molecule has 2 aliphatic rings. The highest BCUT2D eigenvalue weighted by atomic mass is 35.5. The molecule has 1 unspecified atom stereocenters. The van der Waals surface area contributed by atoms with Gasteiger partial charge in [0.05, 0.1) is 6.61 Å². The number of nitrogens with one attached hydrogen (secondary N) is 3. The highest BCUT2D eigenvalue weighted by molar-refractivity contribution is 6.31. The molecule has 2 saturated carbocycles. The summed E-state index contributed by atoms with van der Waals surface area (Å²) in [5, 5.41) is 8.05. The number of aromatic nitrogens is 1. The zero-order chi connectivity index (χ0) is 20.6. The van der Waals surface area contributed by atoms with E-state index in [0.717, 1.165) is 36.6 Å². The number of hydrogen-bond acceptors (Lipinski definition) is 5. The summed E-state index contributed by atoms with van der Waals surface area (Å²) in [6.45, 7) is 2.21. The molecule has 0 bridgehead atoms. The summed E-state index contributed by atoms with van der Waals surface area (Å²) in [5.74, 6) is -0.336. The first-order valence-corrected chi connectivity index (χ1v) is 10.6. The number of halogens is 1. The van der Waals surface area contributed by atoms with E-state index in [0.29, 0.717) is 23.7 Å². The van der Waals surface area contributed by atoms with E-state index in [4.69, 9.17) is 22.1 Å². The maximum absolute atomic E-state index is 12.7. The fourth-order valence-electron chi connectivity index (χ4n) is 4.18. The number of benzene rings is 1. The summed E-state index contributed by atoms with van der Waals surface area (Å²) in [6, 6.07) is 7.13. The predicted molar refractivity (Wildman–Crippen MR) is 112 cm³/mol. The maximum atomic E-state index is 12.7. The van der Waals surface area contributed by atoms with Crippen molar-refractivity contribution < 1.29 is 14.3 Å². The first-order valence-electron chi connectivity index (χ1n) is 10.2. The van der Waals surface area contributed by atoms with Gasteiger partial charge in [-0.2, -0.15) is 0 Å². The zero-order valence-corrected chi connectivity index (χ0v) is 17.2. The molecule has 7 nitrogen and oxygen atoms in total. The standard InChI is InChI=1S/C21H27ClN4O3/c1-2-29-20(28)21(7-8-21)26-14-4-6-17(15(23)11-14)25-19(27)18-10-12-9-13(22)3-5-16(12)24-18/h3,5,9-10,14-15,17,24,26H,2,4,6-8,11,23H2,1H3,(H,25,27)/t14?,15-,17+/m0/s1. The van der Waals surface area contributed by atoms with Crippen LogP contribution < -0.4 is 16.4 Å². The van der Waals surface area contributed by atoms with Crippen molar-refractivity contribution in [1.82, 2.24) is 15.6 Å². The van der Waals surface area contributed by atoms with E-state index in [2.05, 4.69) is 15.6 Å². The molecule has 156 valence electrons. The predicted octanol–water partition coefficient (Wildman–Crippen LogP) is 2.48. The Morgan fingerprint density at radius 2 is 2.10 bits per heavy atom. The third-order valence-electron chi connectivity index (χ3n) is 5.94. The average Bonchev–Trinajstić information content (AvgIpc) is 3.34. The average molecular weight is 419 g/mol. The van der Waals surface area contributed by atoms with Crippen LogP contribution in [0.1, 0.15) is 49.5 Å². The van der Waals surface area contributed by atoms with E-state index in [1.165, 1.54) is 0 Å². The van der Waals surface area contributed by atoms with Crippen molar-refractivity contribution in [2.24, 2.45) is 5.73 Å². The molecule has 0 aliphatic heterocycles. The van der Waals surface area contributed by atoms with Gasteiger partial charge in [0.15, 0.2) is 0 Å². The molecule has 2 aliphatic carbocycles. The van der Waals surface area contributed by atoms with Crippen molar-refractivity contribution >= 4 is 34.4 Å². The maximum Gasteiger partial charge on any atom is 0.326 e. The van der Waals surface area contributed by atoms with Crippen LogP contribution in [0.4, 0.5) is 0 Å². The van der Waals surface area contributed by atoms with Gasteiger partial charge in [-0.15, -0.1) is 0 Å². The lowest BCUT2D eigenvalue weighted by molar-refractivity contribution is -0.147. The molecular formula is C21H27ClN4O3. The Kier molecular flexibility index (Phi) is 5.55. The highest BCUT2D eigenvalue weighted by Crippen LogP contribution is 2.38. The van der Waals surface area contributed by atoms with Gasteiger partial charge in [-0.05, 0) is 63.3 Å². The molecule has 1 aromatic heterocycles. The molecule has 1 aromatic carbocycles. The minimum atomic E-state index is -0.526. The van der Waals surface area contributed by atoms with Crippen molar-refractivity contribution in [3.8, 4) is 0 Å². The summed E-state index contributed by atoms with van der Waals surface area (Å²) in [6.07, 6.45) is 3.93. The summed E-state index contributed by atoms with van der Waals surface area (Å²) in [5.41, 5.74) is 7.20. The molecule has 0 radical (unpaired) electrons. The van der Waals surface area contributed by atoms with Gasteiger partial charge in [0, 0.05) is 34.1 Å².